The Balaban J connectivity index is 1.39. The van der Waals surface area contributed by atoms with E-state index in [1.165, 1.54) is 83.5 Å². The van der Waals surface area contributed by atoms with Gasteiger partial charge in [0, 0.05) is 6.42 Å². The fraction of sp³-hybridized carbons (Fsp3) is 0.786. The number of aliphatic hydroxyl groups excluding tert-OH is 11. The van der Waals surface area contributed by atoms with Crippen molar-refractivity contribution in [3.63, 3.8) is 0 Å². The van der Waals surface area contributed by atoms with Crippen molar-refractivity contribution >= 4 is 5.91 Å². The maximum absolute atomic E-state index is 13.4. The van der Waals surface area contributed by atoms with E-state index in [4.69, 9.17) is 28.4 Å². The van der Waals surface area contributed by atoms with Crippen molar-refractivity contribution in [3.8, 4) is 0 Å². The summed E-state index contributed by atoms with van der Waals surface area (Å²) in [4.78, 5) is 13.4. The van der Waals surface area contributed by atoms with E-state index in [1.54, 1.807) is 0 Å². The number of aliphatic hydroxyl groups is 11. The first kappa shape index (κ1) is 80.2. The van der Waals surface area contributed by atoms with Crippen LogP contribution in [0.3, 0.4) is 0 Å². The van der Waals surface area contributed by atoms with E-state index in [9.17, 15) is 61.0 Å². The molecule has 12 N–H and O–H groups in total. The molecular formula is C70H121NO18. The summed E-state index contributed by atoms with van der Waals surface area (Å²) in [5, 5.41) is 121. The van der Waals surface area contributed by atoms with Crippen molar-refractivity contribution in [1.82, 2.24) is 5.32 Å². The molecule has 17 unspecified atom stereocenters. The largest absolute Gasteiger partial charge is 0.394 e. The summed E-state index contributed by atoms with van der Waals surface area (Å²) < 4.78 is 34.4. The Morgan fingerprint density at radius 1 is 0.416 bits per heavy atom. The third-order valence-electron chi connectivity index (χ3n) is 16.7. The lowest BCUT2D eigenvalue weighted by molar-refractivity contribution is -0.379. The Morgan fingerprint density at radius 2 is 0.775 bits per heavy atom. The zero-order chi connectivity index (χ0) is 64.7. The first-order valence-corrected chi connectivity index (χ1v) is 34.3. The molecule has 0 aromatic rings. The van der Waals surface area contributed by atoms with Gasteiger partial charge in [-0.25, -0.2) is 0 Å². The van der Waals surface area contributed by atoms with Gasteiger partial charge in [-0.15, -0.1) is 0 Å². The van der Waals surface area contributed by atoms with E-state index < -0.39 is 124 Å². The lowest BCUT2D eigenvalue weighted by Gasteiger charge is -2.48. The molecule has 17 atom stereocenters. The quantitative estimate of drug-likeness (QED) is 0.0200. The van der Waals surface area contributed by atoms with Crippen molar-refractivity contribution in [2.75, 3.05) is 26.4 Å². The van der Waals surface area contributed by atoms with Gasteiger partial charge in [-0.05, 0) is 70.6 Å². The van der Waals surface area contributed by atoms with Gasteiger partial charge in [0.25, 0.3) is 0 Å². The highest BCUT2D eigenvalue weighted by molar-refractivity contribution is 5.76. The molecule has 3 aliphatic heterocycles. The fourth-order valence-corrected chi connectivity index (χ4v) is 11.2. The second-order valence-electron chi connectivity index (χ2n) is 24.3. The Hall–Kier alpha value is -3.03. The van der Waals surface area contributed by atoms with Gasteiger partial charge in [0.2, 0.25) is 5.91 Å². The number of ether oxygens (including phenoxy) is 6. The van der Waals surface area contributed by atoms with Crippen LogP contribution in [-0.2, 0) is 33.2 Å². The zero-order valence-corrected chi connectivity index (χ0v) is 54.1. The van der Waals surface area contributed by atoms with Crippen molar-refractivity contribution in [1.29, 1.82) is 0 Å². The van der Waals surface area contributed by atoms with E-state index in [2.05, 4.69) is 104 Å². The molecule has 3 heterocycles. The smallest absolute Gasteiger partial charge is 0.220 e. The number of hydrogen-bond donors (Lipinski definition) is 12. The summed E-state index contributed by atoms with van der Waals surface area (Å²) >= 11 is 0. The number of allylic oxidation sites excluding steroid dienone is 14. The molecule has 0 aromatic heterocycles. The Morgan fingerprint density at radius 3 is 1.21 bits per heavy atom. The van der Waals surface area contributed by atoms with Gasteiger partial charge in [-0.3, -0.25) is 4.79 Å². The van der Waals surface area contributed by atoms with E-state index in [1.807, 2.05) is 0 Å². The molecule has 0 radical (unpaired) electrons. The molecule has 3 fully saturated rings. The molecule has 89 heavy (non-hydrogen) atoms. The normalized spacial score (nSPS) is 28.8. The van der Waals surface area contributed by atoms with Gasteiger partial charge in [0.05, 0.1) is 38.6 Å². The summed E-state index contributed by atoms with van der Waals surface area (Å²) in [6.07, 6.45) is 38.0. The van der Waals surface area contributed by atoms with Gasteiger partial charge in [-0.2, -0.15) is 0 Å². The number of carbonyl (C=O) groups excluding carboxylic acids is 1. The molecule has 3 aliphatic rings. The molecule has 3 saturated heterocycles. The predicted octanol–water partition coefficient (Wildman–Crippen LogP) is 8.71. The van der Waals surface area contributed by atoms with Crippen LogP contribution >= 0.6 is 0 Å². The fourth-order valence-electron chi connectivity index (χ4n) is 11.2. The van der Waals surface area contributed by atoms with Crippen LogP contribution in [0.1, 0.15) is 219 Å². The second kappa shape index (κ2) is 51.4. The molecule has 0 saturated carbocycles. The van der Waals surface area contributed by atoms with Gasteiger partial charge >= 0.3 is 0 Å². The molecule has 0 bridgehead atoms. The van der Waals surface area contributed by atoms with Gasteiger partial charge < -0.3 is 89.9 Å². The van der Waals surface area contributed by atoms with Gasteiger partial charge in [-0.1, -0.05) is 227 Å². The summed E-state index contributed by atoms with van der Waals surface area (Å²) in [6.45, 7) is 1.66. The standard InChI is InChI=1S/C70H121NO18/c1-3-5-7-9-11-13-15-17-18-19-20-21-22-23-24-25-26-27-28-29-30-31-32-33-34-36-38-40-42-44-46-48-58(76)71-53(54(75)47-45-43-41-39-37-35-16-14-12-10-8-6-4-2)52-84-68-64(82)61(79)66(56(50-73)86-68)89-70-65(83)62(80)67(57(51-74)87-70)88-69-63(81)60(78)59(77)55(49-72)85-69/h5,7,11,13,17-18,20-21,23-24,26-27,29-30,53-57,59-70,72-75,77-83H,3-4,6,8-10,12,14-16,19,22,25,28,31-52H2,1-2H3,(H,71,76)/b7-5-,13-11-,18-17-,21-20-,24-23-,27-26-,30-29-. The van der Waals surface area contributed by atoms with Crippen molar-refractivity contribution in [2.45, 2.75) is 324 Å². The van der Waals surface area contributed by atoms with Crippen molar-refractivity contribution < 1.29 is 89.4 Å². The average molecular weight is 1260 g/mol. The molecule has 3 rings (SSSR count). The van der Waals surface area contributed by atoms with Crippen LogP contribution in [0.2, 0.25) is 0 Å². The summed E-state index contributed by atoms with van der Waals surface area (Å²) in [5.74, 6) is -0.253. The third-order valence-corrected chi connectivity index (χ3v) is 16.7. The lowest BCUT2D eigenvalue weighted by Crippen LogP contribution is -2.66. The highest BCUT2D eigenvalue weighted by Gasteiger charge is 2.53. The van der Waals surface area contributed by atoms with Gasteiger partial charge in [0.15, 0.2) is 18.9 Å². The highest BCUT2D eigenvalue weighted by atomic mass is 16.8. The summed E-state index contributed by atoms with van der Waals surface area (Å²) in [5.41, 5.74) is 0. The van der Waals surface area contributed by atoms with Crippen molar-refractivity contribution in [3.05, 3.63) is 85.1 Å². The number of carbonyl (C=O) groups is 1. The lowest BCUT2D eigenvalue weighted by atomic mass is 9.96. The van der Waals surface area contributed by atoms with E-state index in [-0.39, 0.29) is 18.9 Å². The Labute approximate surface area is 533 Å². The molecule has 19 heteroatoms. The number of unbranched alkanes of at least 4 members (excludes halogenated alkanes) is 21. The maximum atomic E-state index is 13.4. The topological polar surface area (TPSA) is 307 Å². The van der Waals surface area contributed by atoms with Crippen LogP contribution in [-0.4, -0.2) is 193 Å². The maximum Gasteiger partial charge on any atom is 0.220 e. The summed E-state index contributed by atoms with van der Waals surface area (Å²) in [7, 11) is 0. The molecule has 514 valence electrons. The zero-order valence-electron chi connectivity index (χ0n) is 54.1. The number of hydrogen-bond acceptors (Lipinski definition) is 18. The van der Waals surface area contributed by atoms with Crippen LogP contribution in [0.25, 0.3) is 0 Å². The summed E-state index contributed by atoms with van der Waals surface area (Å²) in [6, 6.07) is -0.895. The van der Waals surface area contributed by atoms with Crippen LogP contribution in [0.5, 0.6) is 0 Å². The number of amides is 1. The minimum atomic E-state index is -1.98. The van der Waals surface area contributed by atoms with Crippen LogP contribution in [0.15, 0.2) is 85.1 Å². The third kappa shape index (κ3) is 33.6. The second-order valence-corrected chi connectivity index (χ2v) is 24.3. The van der Waals surface area contributed by atoms with Crippen molar-refractivity contribution in [2.24, 2.45) is 0 Å². The monoisotopic (exact) mass is 1260 g/mol. The SMILES string of the molecule is CC/C=C\C/C=C\C/C=C\C/C=C\C/C=C\C/C=C\C/C=C\CCCCCCCCCCCC(=O)NC(COC1OC(CO)C(OC2OC(CO)C(OC3OC(CO)C(O)C(O)C3O)C(O)C2O)C(O)C1O)C(O)CCCCCCCCCCCCCCC. The molecule has 0 aliphatic carbocycles. The Bertz CT molecular complexity index is 1940. The Kier molecular flexibility index (Phi) is 46.3. The first-order valence-electron chi connectivity index (χ1n) is 34.3. The van der Waals surface area contributed by atoms with E-state index in [0.29, 0.717) is 12.8 Å². The predicted molar refractivity (Wildman–Crippen MR) is 346 cm³/mol. The van der Waals surface area contributed by atoms with E-state index >= 15 is 0 Å². The number of nitrogens with one attached hydrogen (secondary N) is 1. The minimum absolute atomic E-state index is 0.253. The molecule has 0 spiro atoms. The average Bonchev–Trinajstić information content (AvgIpc) is 1.92. The highest BCUT2D eigenvalue weighted by Crippen LogP contribution is 2.33. The minimum Gasteiger partial charge on any atom is -0.394 e. The molecule has 1 amide bonds. The van der Waals surface area contributed by atoms with Crippen LogP contribution in [0, 0.1) is 0 Å². The van der Waals surface area contributed by atoms with E-state index in [0.717, 1.165) is 103 Å². The van der Waals surface area contributed by atoms with Crippen LogP contribution in [0.4, 0.5) is 0 Å². The van der Waals surface area contributed by atoms with Crippen LogP contribution < -0.4 is 5.32 Å². The number of rotatable bonds is 51. The molecular weight excluding hydrogens is 1140 g/mol. The molecule has 0 aromatic carbocycles. The molecule has 19 nitrogen and oxygen atoms in total. The van der Waals surface area contributed by atoms with Gasteiger partial charge in [0.1, 0.15) is 73.2 Å². The first-order chi connectivity index (χ1) is 43.3.